The van der Waals surface area contributed by atoms with Gasteiger partial charge in [-0.25, -0.2) is 13.4 Å². The van der Waals surface area contributed by atoms with Crippen molar-refractivity contribution in [3.63, 3.8) is 0 Å². The first kappa shape index (κ1) is 21.8. The van der Waals surface area contributed by atoms with Crippen molar-refractivity contribution in [3.8, 4) is 11.5 Å². The minimum Gasteiger partial charge on any atom is -0.495 e. The van der Waals surface area contributed by atoms with Crippen molar-refractivity contribution >= 4 is 42.4 Å². The van der Waals surface area contributed by atoms with Gasteiger partial charge in [0, 0.05) is 6.26 Å². The van der Waals surface area contributed by atoms with E-state index >= 15 is 0 Å². The van der Waals surface area contributed by atoms with Gasteiger partial charge in [0.15, 0.2) is 15.0 Å². The molecule has 10 heteroatoms. The second-order valence-electron chi connectivity index (χ2n) is 6.88. The van der Waals surface area contributed by atoms with Crippen LogP contribution in [0.2, 0.25) is 0 Å². The van der Waals surface area contributed by atoms with Crippen LogP contribution in [0, 0.1) is 0 Å². The van der Waals surface area contributed by atoms with Gasteiger partial charge >= 0.3 is 0 Å². The third-order valence-corrected chi connectivity index (χ3v) is 7.03. The Bertz CT molecular complexity index is 1340. The molecule has 0 spiro atoms. The zero-order valence-corrected chi connectivity index (χ0v) is 19.2. The highest BCUT2D eigenvalue weighted by atomic mass is 32.2. The van der Waals surface area contributed by atoms with Crippen molar-refractivity contribution in [1.82, 2.24) is 4.98 Å². The lowest BCUT2D eigenvalue weighted by Gasteiger charge is -2.20. The normalized spacial score (nSPS) is 11.5. The van der Waals surface area contributed by atoms with Crippen LogP contribution in [0.5, 0.6) is 11.5 Å². The van der Waals surface area contributed by atoms with Crippen LogP contribution in [0.25, 0.3) is 10.2 Å². The van der Waals surface area contributed by atoms with Gasteiger partial charge in [0.25, 0.3) is 5.91 Å². The van der Waals surface area contributed by atoms with Gasteiger partial charge in [-0.05, 0) is 36.4 Å². The number of carbonyl (C=O) groups excluding carboxylic acids is 1. The van der Waals surface area contributed by atoms with Gasteiger partial charge < -0.3 is 13.9 Å². The maximum Gasteiger partial charge on any atom is 0.261 e. The fraction of sp³-hybridized carbons (Fsp3) is 0.182. The number of benzene rings is 2. The smallest absolute Gasteiger partial charge is 0.261 e. The van der Waals surface area contributed by atoms with E-state index in [-0.39, 0.29) is 17.0 Å². The molecule has 0 fully saturated rings. The third kappa shape index (κ3) is 4.06. The molecule has 0 unspecified atom stereocenters. The van der Waals surface area contributed by atoms with Crippen LogP contribution in [0.15, 0.2) is 64.1 Å². The molecule has 0 saturated heterocycles. The first-order valence-electron chi connectivity index (χ1n) is 9.48. The number of methoxy groups -OCH3 is 2. The van der Waals surface area contributed by atoms with Crippen LogP contribution in [-0.4, -0.2) is 39.8 Å². The van der Waals surface area contributed by atoms with E-state index < -0.39 is 15.7 Å². The fourth-order valence-electron chi connectivity index (χ4n) is 3.29. The van der Waals surface area contributed by atoms with Crippen LogP contribution in [0.1, 0.15) is 16.1 Å². The summed E-state index contributed by atoms with van der Waals surface area (Å²) in [5, 5.41) is 0.354. The number of ether oxygens (including phenoxy) is 2. The summed E-state index contributed by atoms with van der Waals surface area (Å²) in [5.41, 5.74) is 0.597. The van der Waals surface area contributed by atoms with E-state index in [0.29, 0.717) is 32.6 Å². The average Bonchev–Trinajstić information content (AvgIpc) is 3.45. The first-order valence-corrected chi connectivity index (χ1v) is 12.2. The van der Waals surface area contributed by atoms with Gasteiger partial charge in [-0.15, -0.1) is 0 Å². The van der Waals surface area contributed by atoms with Crippen molar-refractivity contribution in [2.24, 2.45) is 0 Å². The largest absolute Gasteiger partial charge is 0.495 e. The molecule has 4 rings (SSSR count). The minimum atomic E-state index is -3.63. The lowest BCUT2D eigenvalue weighted by atomic mass is 10.2. The van der Waals surface area contributed by atoms with Gasteiger partial charge in [-0.3, -0.25) is 9.69 Å². The van der Waals surface area contributed by atoms with Crippen LogP contribution in [0.3, 0.4) is 0 Å². The molecule has 0 aliphatic carbocycles. The predicted octanol–water partition coefficient (Wildman–Crippen LogP) is 4.16. The topological polar surface area (TPSA) is 98.9 Å². The molecule has 0 aliphatic rings. The molecule has 2 aromatic carbocycles. The molecule has 0 atom stereocenters. The maximum atomic E-state index is 13.6. The number of furan rings is 1. The Morgan fingerprint density at radius 1 is 1.06 bits per heavy atom. The van der Waals surface area contributed by atoms with E-state index in [1.165, 1.54) is 41.7 Å². The summed E-state index contributed by atoms with van der Waals surface area (Å²) < 4.78 is 41.6. The summed E-state index contributed by atoms with van der Waals surface area (Å²) in [7, 11) is -0.544. The predicted molar refractivity (Wildman–Crippen MR) is 121 cm³/mol. The van der Waals surface area contributed by atoms with Crippen LogP contribution < -0.4 is 14.4 Å². The maximum absolute atomic E-state index is 13.6. The number of carbonyl (C=O) groups is 1. The third-order valence-electron chi connectivity index (χ3n) is 4.79. The lowest BCUT2D eigenvalue weighted by Crippen LogP contribution is -2.31. The molecule has 0 saturated carbocycles. The van der Waals surface area contributed by atoms with E-state index in [4.69, 9.17) is 13.9 Å². The average molecular weight is 473 g/mol. The fourth-order valence-corrected chi connectivity index (χ4v) is 5.24. The highest BCUT2D eigenvalue weighted by Crippen LogP contribution is 2.41. The van der Waals surface area contributed by atoms with Gasteiger partial charge in [0.05, 0.1) is 37.5 Å². The number of hydrogen-bond acceptors (Lipinski definition) is 8. The number of anilines is 1. The summed E-state index contributed by atoms with van der Waals surface area (Å²) in [6.45, 7) is 0.0639. The molecular weight excluding hydrogens is 452 g/mol. The molecule has 2 aromatic heterocycles. The summed E-state index contributed by atoms with van der Waals surface area (Å²) in [5.74, 6) is 1.13. The summed E-state index contributed by atoms with van der Waals surface area (Å²) in [6.07, 6.45) is 2.58. The van der Waals surface area contributed by atoms with Crippen molar-refractivity contribution in [1.29, 1.82) is 0 Å². The van der Waals surface area contributed by atoms with Gasteiger partial charge in [-0.1, -0.05) is 23.5 Å². The second kappa shape index (κ2) is 8.64. The number of hydrogen-bond donors (Lipinski definition) is 0. The van der Waals surface area contributed by atoms with Crippen molar-refractivity contribution in [3.05, 3.63) is 66.1 Å². The summed E-state index contributed by atoms with van der Waals surface area (Å²) in [6, 6.07) is 13.1. The Morgan fingerprint density at radius 3 is 2.44 bits per heavy atom. The van der Waals surface area contributed by atoms with E-state index in [0.717, 1.165) is 6.26 Å². The number of nitrogens with zero attached hydrogens (tertiary/aromatic N) is 2. The van der Waals surface area contributed by atoms with Crippen molar-refractivity contribution < 1.29 is 27.1 Å². The van der Waals surface area contributed by atoms with E-state index in [9.17, 15) is 13.2 Å². The molecule has 4 aromatic rings. The van der Waals surface area contributed by atoms with E-state index in [1.54, 1.807) is 43.5 Å². The van der Waals surface area contributed by atoms with Crippen molar-refractivity contribution in [2.45, 2.75) is 11.4 Å². The molecular formula is C22H20N2O6S2. The SMILES string of the molecule is COc1ccc(OC)c2sc(N(Cc3ccco3)C(=O)c3ccccc3S(C)(=O)=O)nc12. The minimum absolute atomic E-state index is 0.0503. The molecule has 0 bridgehead atoms. The molecule has 8 nitrogen and oxygen atoms in total. The molecule has 32 heavy (non-hydrogen) atoms. The van der Waals surface area contributed by atoms with Crippen LogP contribution in [-0.2, 0) is 16.4 Å². The Balaban J connectivity index is 1.89. The van der Waals surface area contributed by atoms with Gasteiger partial charge in [0.2, 0.25) is 0 Å². The van der Waals surface area contributed by atoms with E-state index in [2.05, 4.69) is 4.98 Å². The molecule has 166 valence electrons. The number of aromatic nitrogens is 1. The standard InChI is InChI=1S/C22H20N2O6S2/c1-28-16-10-11-17(29-2)20-19(16)23-22(31-20)24(13-14-7-6-12-30-14)21(25)15-8-4-5-9-18(15)32(3,26)27/h4-12H,13H2,1-3H3. The van der Waals surface area contributed by atoms with Gasteiger partial charge in [0.1, 0.15) is 27.5 Å². The van der Waals surface area contributed by atoms with Crippen LogP contribution in [0.4, 0.5) is 5.13 Å². The highest BCUT2D eigenvalue weighted by molar-refractivity contribution is 7.90. The Kier molecular flexibility index (Phi) is 5.90. The number of sulfone groups is 1. The van der Waals surface area contributed by atoms with E-state index in [1.807, 2.05) is 0 Å². The highest BCUT2D eigenvalue weighted by Gasteiger charge is 2.28. The molecule has 0 radical (unpaired) electrons. The lowest BCUT2D eigenvalue weighted by molar-refractivity contribution is 0.0980. The molecule has 2 heterocycles. The molecule has 1 amide bonds. The zero-order chi connectivity index (χ0) is 22.9. The van der Waals surface area contributed by atoms with Gasteiger partial charge in [-0.2, -0.15) is 0 Å². The number of thiazole rings is 1. The first-order chi connectivity index (χ1) is 15.3. The van der Waals surface area contributed by atoms with Crippen molar-refractivity contribution in [2.75, 3.05) is 25.4 Å². The van der Waals surface area contributed by atoms with Crippen LogP contribution >= 0.6 is 11.3 Å². The second-order valence-corrected chi connectivity index (χ2v) is 9.84. The summed E-state index contributed by atoms with van der Waals surface area (Å²) in [4.78, 5) is 19.6. The number of fused-ring (bicyclic) bond motifs is 1. The number of rotatable bonds is 7. The Hall–Kier alpha value is -3.37. The Labute approximate surface area is 188 Å². The zero-order valence-electron chi connectivity index (χ0n) is 17.6. The quantitative estimate of drug-likeness (QED) is 0.398. The Morgan fingerprint density at radius 2 is 1.78 bits per heavy atom. The summed E-state index contributed by atoms with van der Waals surface area (Å²) >= 11 is 1.24. The molecule has 0 aliphatic heterocycles. The molecule has 0 N–H and O–H groups in total. The number of amides is 1. The monoisotopic (exact) mass is 472 g/mol.